The van der Waals surface area contributed by atoms with Gasteiger partial charge in [-0.2, -0.15) is 0 Å². The number of methoxy groups -OCH3 is 1. The zero-order valence-corrected chi connectivity index (χ0v) is 9.15. The number of aliphatic hydroxyl groups is 1. The Bertz CT molecular complexity index is 255. The highest BCUT2D eigenvalue weighted by Crippen LogP contribution is 2.40. The van der Waals surface area contributed by atoms with Crippen LogP contribution in [0.5, 0.6) is 0 Å². The van der Waals surface area contributed by atoms with E-state index in [9.17, 15) is 9.90 Å². The average molecular weight is 198 g/mol. The average Bonchev–Trinajstić information content (AvgIpc) is 2.14. The van der Waals surface area contributed by atoms with E-state index in [0.29, 0.717) is 0 Å². The van der Waals surface area contributed by atoms with Gasteiger partial charge in [0.1, 0.15) is 0 Å². The molecule has 0 aliphatic heterocycles. The highest BCUT2D eigenvalue weighted by molar-refractivity contribution is 5.75. The zero-order chi connectivity index (χ0) is 10.9. The second kappa shape index (κ2) is 3.73. The normalized spacial score (nSPS) is 35.4. The molecule has 14 heavy (non-hydrogen) atoms. The Kier molecular flexibility index (Phi) is 3.00. The number of hydrogen-bond acceptors (Lipinski definition) is 3. The lowest BCUT2D eigenvalue weighted by Crippen LogP contribution is -2.43. The molecule has 0 aromatic carbocycles. The van der Waals surface area contributed by atoms with E-state index in [-0.39, 0.29) is 23.2 Å². The molecule has 0 aromatic rings. The third-order valence-corrected chi connectivity index (χ3v) is 3.45. The predicted molar refractivity (Wildman–Crippen MR) is 53.6 cm³/mol. The molecule has 0 heterocycles. The van der Waals surface area contributed by atoms with E-state index in [1.165, 1.54) is 7.11 Å². The molecule has 1 rings (SSSR count). The van der Waals surface area contributed by atoms with Gasteiger partial charge in [0.05, 0.1) is 19.1 Å². The molecule has 0 saturated heterocycles. The summed E-state index contributed by atoms with van der Waals surface area (Å²) in [7, 11) is 1.39. The number of carbonyl (C=O) groups is 1. The Morgan fingerprint density at radius 3 is 2.50 bits per heavy atom. The van der Waals surface area contributed by atoms with Crippen molar-refractivity contribution in [2.45, 2.75) is 26.9 Å². The quantitative estimate of drug-likeness (QED) is 0.511. The molecule has 0 bridgehead atoms. The van der Waals surface area contributed by atoms with Crippen molar-refractivity contribution in [3.8, 4) is 0 Å². The van der Waals surface area contributed by atoms with Gasteiger partial charge in [-0.25, -0.2) is 0 Å². The molecule has 1 aliphatic rings. The Balaban J connectivity index is 2.93. The van der Waals surface area contributed by atoms with Crippen molar-refractivity contribution >= 4 is 5.97 Å². The van der Waals surface area contributed by atoms with Crippen molar-refractivity contribution in [2.75, 3.05) is 7.11 Å². The standard InChI is InChI=1S/C11H18O3/c1-7-8(10(13)14-4)5-6-9(12)11(7,2)3/h5-9,12H,1-4H3/t7-,8?,9+/m0/s1. The van der Waals surface area contributed by atoms with Gasteiger partial charge < -0.3 is 9.84 Å². The minimum absolute atomic E-state index is 0.0787. The SMILES string of the molecule is COC(=O)C1C=C[C@@H](O)C(C)(C)[C@H]1C. The van der Waals surface area contributed by atoms with E-state index in [2.05, 4.69) is 0 Å². The fraction of sp³-hybridized carbons (Fsp3) is 0.727. The summed E-state index contributed by atoms with van der Waals surface area (Å²) in [6.07, 6.45) is 2.94. The number of aliphatic hydroxyl groups excluding tert-OH is 1. The van der Waals surface area contributed by atoms with E-state index in [4.69, 9.17) is 4.74 Å². The summed E-state index contributed by atoms with van der Waals surface area (Å²) in [6, 6.07) is 0. The summed E-state index contributed by atoms with van der Waals surface area (Å²) in [4.78, 5) is 11.4. The van der Waals surface area contributed by atoms with Gasteiger partial charge >= 0.3 is 5.97 Å². The summed E-state index contributed by atoms with van der Waals surface area (Å²) in [5, 5.41) is 9.74. The fourth-order valence-electron chi connectivity index (χ4n) is 1.79. The van der Waals surface area contributed by atoms with Crippen LogP contribution in [-0.2, 0) is 9.53 Å². The van der Waals surface area contributed by atoms with Crippen molar-refractivity contribution in [1.82, 2.24) is 0 Å². The largest absolute Gasteiger partial charge is 0.469 e. The van der Waals surface area contributed by atoms with Crippen LogP contribution in [0.4, 0.5) is 0 Å². The number of carbonyl (C=O) groups excluding carboxylic acids is 1. The predicted octanol–water partition coefficient (Wildman–Crippen LogP) is 1.37. The van der Waals surface area contributed by atoms with Crippen molar-refractivity contribution in [3.05, 3.63) is 12.2 Å². The summed E-state index contributed by atoms with van der Waals surface area (Å²) >= 11 is 0. The molecule has 0 amide bonds. The maximum atomic E-state index is 11.4. The van der Waals surface area contributed by atoms with Gasteiger partial charge in [0.2, 0.25) is 0 Å². The smallest absolute Gasteiger partial charge is 0.312 e. The van der Waals surface area contributed by atoms with E-state index >= 15 is 0 Å². The number of esters is 1. The molecule has 0 spiro atoms. The third-order valence-electron chi connectivity index (χ3n) is 3.45. The monoisotopic (exact) mass is 198 g/mol. The van der Waals surface area contributed by atoms with Crippen LogP contribution < -0.4 is 0 Å². The number of ether oxygens (including phenoxy) is 1. The van der Waals surface area contributed by atoms with E-state index in [1.807, 2.05) is 20.8 Å². The summed E-state index contributed by atoms with van der Waals surface area (Å²) in [5.74, 6) is -0.387. The first-order chi connectivity index (χ1) is 6.41. The molecule has 3 heteroatoms. The molecular formula is C11H18O3. The van der Waals surface area contributed by atoms with Crippen LogP contribution >= 0.6 is 0 Å². The third kappa shape index (κ3) is 1.69. The fourth-order valence-corrected chi connectivity index (χ4v) is 1.79. The molecule has 3 nitrogen and oxygen atoms in total. The maximum absolute atomic E-state index is 11.4. The lowest BCUT2D eigenvalue weighted by Gasteiger charge is -2.41. The lowest BCUT2D eigenvalue weighted by molar-refractivity contribution is -0.148. The molecule has 3 atom stereocenters. The first kappa shape index (κ1) is 11.2. The Morgan fingerprint density at radius 1 is 1.43 bits per heavy atom. The van der Waals surface area contributed by atoms with Crippen molar-refractivity contribution in [1.29, 1.82) is 0 Å². The number of rotatable bonds is 1. The molecular weight excluding hydrogens is 180 g/mol. The topological polar surface area (TPSA) is 46.5 Å². The van der Waals surface area contributed by atoms with Crippen molar-refractivity contribution < 1.29 is 14.6 Å². The van der Waals surface area contributed by atoms with Crippen LogP contribution in [-0.4, -0.2) is 24.3 Å². The van der Waals surface area contributed by atoms with Gasteiger partial charge in [-0.3, -0.25) is 4.79 Å². The molecule has 1 N–H and O–H groups in total. The van der Waals surface area contributed by atoms with Gasteiger partial charge in [0, 0.05) is 0 Å². The van der Waals surface area contributed by atoms with Gasteiger partial charge in [0.15, 0.2) is 0 Å². The van der Waals surface area contributed by atoms with Crippen LogP contribution in [0.15, 0.2) is 12.2 Å². The van der Waals surface area contributed by atoms with Crippen LogP contribution in [0, 0.1) is 17.3 Å². The van der Waals surface area contributed by atoms with Gasteiger partial charge in [-0.05, 0) is 11.3 Å². The molecule has 1 unspecified atom stereocenters. The Labute approximate surface area is 84.8 Å². The highest BCUT2D eigenvalue weighted by atomic mass is 16.5. The minimum atomic E-state index is -0.488. The zero-order valence-electron chi connectivity index (χ0n) is 9.15. The molecule has 0 aromatic heterocycles. The van der Waals surface area contributed by atoms with Crippen LogP contribution in [0.1, 0.15) is 20.8 Å². The first-order valence-electron chi connectivity index (χ1n) is 4.85. The minimum Gasteiger partial charge on any atom is -0.469 e. The molecule has 0 fully saturated rings. The highest BCUT2D eigenvalue weighted by Gasteiger charge is 2.42. The number of hydrogen-bond donors (Lipinski definition) is 1. The molecule has 80 valence electrons. The van der Waals surface area contributed by atoms with Crippen LogP contribution in [0.25, 0.3) is 0 Å². The van der Waals surface area contributed by atoms with Gasteiger partial charge in [-0.15, -0.1) is 0 Å². The van der Waals surface area contributed by atoms with Crippen LogP contribution in [0.3, 0.4) is 0 Å². The molecule has 0 saturated carbocycles. The molecule has 0 radical (unpaired) electrons. The lowest BCUT2D eigenvalue weighted by atomic mass is 9.66. The van der Waals surface area contributed by atoms with Gasteiger partial charge in [-0.1, -0.05) is 32.9 Å². The molecule has 1 aliphatic carbocycles. The van der Waals surface area contributed by atoms with Gasteiger partial charge in [0.25, 0.3) is 0 Å². The first-order valence-corrected chi connectivity index (χ1v) is 4.85. The van der Waals surface area contributed by atoms with Crippen LogP contribution in [0.2, 0.25) is 0 Å². The second-order valence-electron chi connectivity index (χ2n) is 4.49. The van der Waals surface area contributed by atoms with E-state index < -0.39 is 6.10 Å². The second-order valence-corrected chi connectivity index (χ2v) is 4.49. The maximum Gasteiger partial charge on any atom is 0.312 e. The summed E-state index contributed by atoms with van der Waals surface area (Å²) < 4.78 is 4.72. The van der Waals surface area contributed by atoms with Crippen molar-refractivity contribution in [3.63, 3.8) is 0 Å². The van der Waals surface area contributed by atoms with E-state index in [1.54, 1.807) is 12.2 Å². The van der Waals surface area contributed by atoms with Crippen molar-refractivity contribution in [2.24, 2.45) is 17.3 Å². The Hall–Kier alpha value is -0.830. The van der Waals surface area contributed by atoms with E-state index in [0.717, 1.165) is 0 Å². The Morgan fingerprint density at radius 2 is 2.00 bits per heavy atom. The summed E-state index contributed by atoms with van der Waals surface area (Å²) in [5.41, 5.74) is -0.284. The summed E-state index contributed by atoms with van der Waals surface area (Å²) in [6.45, 7) is 5.89.